The van der Waals surface area contributed by atoms with Crippen LogP contribution in [-0.2, 0) is 0 Å². The molecule has 0 spiro atoms. The van der Waals surface area contributed by atoms with Crippen LogP contribution in [0, 0.1) is 6.92 Å². The molecule has 5 nitrogen and oxygen atoms in total. The van der Waals surface area contributed by atoms with Gasteiger partial charge in [-0.25, -0.2) is 9.97 Å². The van der Waals surface area contributed by atoms with Crippen molar-refractivity contribution in [3.05, 3.63) is 59.4 Å². The standard InChI is InChI=1S/C17H15ClN4O/c1-11-9-16(21-15-10-12(23-2)6-7-13(15)18)22-17(20-11)14-5-3-4-8-19-14/h3-10H,1-2H3,(H,20,21,22). The Kier molecular flexibility index (Phi) is 4.39. The minimum atomic E-state index is 0.562. The van der Waals surface area contributed by atoms with Gasteiger partial charge in [0, 0.05) is 24.0 Å². The van der Waals surface area contributed by atoms with E-state index in [1.165, 1.54) is 0 Å². The quantitative estimate of drug-likeness (QED) is 0.776. The fourth-order valence-electron chi connectivity index (χ4n) is 2.11. The topological polar surface area (TPSA) is 59.9 Å². The lowest BCUT2D eigenvalue weighted by molar-refractivity contribution is 0.415. The van der Waals surface area contributed by atoms with Crippen LogP contribution in [0.25, 0.3) is 11.5 Å². The Morgan fingerprint density at radius 2 is 1.96 bits per heavy atom. The molecule has 3 aromatic rings. The number of hydrogen-bond acceptors (Lipinski definition) is 5. The van der Waals surface area contributed by atoms with Gasteiger partial charge in [0.25, 0.3) is 0 Å². The Morgan fingerprint density at radius 3 is 2.70 bits per heavy atom. The molecule has 0 amide bonds. The minimum absolute atomic E-state index is 0.562. The van der Waals surface area contributed by atoms with Crippen molar-refractivity contribution in [1.29, 1.82) is 0 Å². The van der Waals surface area contributed by atoms with Gasteiger partial charge in [0.2, 0.25) is 0 Å². The van der Waals surface area contributed by atoms with E-state index in [0.29, 0.717) is 22.4 Å². The van der Waals surface area contributed by atoms with E-state index in [1.54, 1.807) is 25.4 Å². The molecule has 3 rings (SSSR count). The van der Waals surface area contributed by atoms with Crippen molar-refractivity contribution in [3.8, 4) is 17.3 Å². The van der Waals surface area contributed by atoms with Crippen molar-refractivity contribution in [2.45, 2.75) is 6.92 Å². The van der Waals surface area contributed by atoms with E-state index in [2.05, 4.69) is 20.3 Å². The number of nitrogens with one attached hydrogen (secondary N) is 1. The predicted molar refractivity (Wildman–Crippen MR) is 91.3 cm³/mol. The van der Waals surface area contributed by atoms with Crippen LogP contribution in [0.3, 0.4) is 0 Å². The molecule has 0 saturated carbocycles. The summed E-state index contributed by atoms with van der Waals surface area (Å²) in [4.78, 5) is 13.2. The first kappa shape index (κ1) is 15.2. The number of aromatic nitrogens is 3. The largest absolute Gasteiger partial charge is 0.497 e. The maximum Gasteiger partial charge on any atom is 0.180 e. The zero-order chi connectivity index (χ0) is 16.2. The van der Waals surface area contributed by atoms with Crippen LogP contribution in [0.15, 0.2) is 48.7 Å². The van der Waals surface area contributed by atoms with Gasteiger partial charge < -0.3 is 10.1 Å². The summed E-state index contributed by atoms with van der Waals surface area (Å²) in [5.41, 5.74) is 2.27. The monoisotopic (exact) mass is 326 g/mol. The van der Waals surface area contributed by atoms with Crippen LogP contribution in [-0.4, -0.2) is 22.1 Å². The molecule has 2 heterocycles. The number of halogens is 1. The van der Waals surface area contributed by atoms with Gasteiger partial charge in [0.15, 0.2) is 5.82 Å². The van der Waals surface area contributed by atoms with Gasteiger partial charge in [0.1, 0.15) is 17.3 Å². The Balaban J connectivity index is 1.96. The molecule has 0 radical (unpaired) electrons. The second kappa shape index (κ2) is 6.62. The first-order chi connectivity index (χ1) is 11.2. The normalized spacial score (nSPS) is 10.4. The zero-order valence-electron chi connectivity index (χ0n) is 12.7. The number of hydrogen-bond donors (Lipinski definition) is 1. The molecule has 0 saturated heterocycles. The third-order valence-electron chi connectivity index (χ3n) is 3.18. The number of nitrogens with zero attached hydrogens (tertiary/aromatic N) is 3. The highest BCUT2D eigenvalue weighted by molar-refractivity contribution is 6.33. The van der Waals surface area contributed by atoms with Crippen LogP contribution in [0.2, 0.25) is 5.02 Å². The second-order valence-electron chi connectivity index (χ2n) is 4.90. The molecule has 2 aromatic heterocycles. The summed E-state index contributed by atoms with van der Waals surface area (Å²) >= 11 is 6.23. The first-order valence-corrected chi connectivity index (χ1v) is 7.41. The molecule has 1 aromatic carbocycles. The second-order valence-corrected chi connectivity index (χ2v) is 5.31. The highest BCUT2D eigenvalue weighted by Gasteiger charge is 2.08. The minimum Gasteiger partial charge on any atom is -0.497 e. The lowest BCUT2D eigenvalue weighted by Gasteiger charge is -2.11. The van der Waals surface area contributed by atoms with E-state index in [9.17, 15) is 0 Å². The van der Waals surface area contributed by atoms with Gasteiger partial charge in [-0.05, 0) is 31.2 Å². The molecular weight excluding hydrogens is 312 g/mol. The van der Waals surface area contributed by atoms with Crippen LogP contribution in [0.1, 0.15) is 5.69 Å². The Hall–Kier alpha value is -2.66. The molecule has 0 fully saturated rings. The van der Waals surface area contributed by atoms with Crippen molar-refractivity contribution >= 4 is 23.1 Å². The van der Waals surface area contributed by atoms with E-state index in [-0.39, 0.29) is 0 Å². The van der Waals surface area contributed by atoms with Gasteiger partial charge in [-0.2, -0.15) is 0 Å². The fraction of sp³-hybridized carbons (Fsp3) is 0.118. The first-order valence-electron chi connectivity index (χ1n) is 7.03. The summed E-state index contributed by atoms with van der Waals surface area (Å²) in [5, 5.41) is 3.79. The third kappa shape index (κ3) is 3.57. The van der Waals surface area contributed by atoms with E-state index in [1.807, 2.05) is 37.3 Å². The van der Waals surface area contributed by atoms with Crippen molar-refractivity contribution in [3.63, 3.8) is 0 Å². The number of aryl methyl sites for hydroxylation is 1. The molecule has 23 heavy (non-hydrogen) atoms. The van der Waals surface area contributed by atoms with Crippen molar-refractivity contribution in [2.75, 3.05) is 12.4 Å². The summed E-state index contributed by atoms with van der Waals surface area (Å²) in [6, 6.07) is 12.9. The Bertz CT molecular complexity index is 824. The molecule has 6 heteroatoms. The lowest BCUT2D eigenvalue weighted by atomic mass is 10.3. The van der Waals surface area contributed by atoms with Crippen LogP contribution in [0.5, 0.6) is 5.75 Å². The van der Waals surface area contributed by atoms with E-state index in [0.717, 1.165) is 17.1 Å². The maximum atomic E-state index is 6.23. The Labute approximate surface area is 139 Å². The van der Waals surface area contributed by atoms with Crippen molar-refractivity contribution < 1.29 is 4.74 Å². The van der Waals surface area contributed by atoms with Crippen LogP contribution < -0.4 is 10.1 Å². The fourth-order valence-corrected chi connectivity index (χ4v) is 2.27. The van der Waals surface area contributed by atoms with Gasteiger partial charge in [-0.15, -0.1) is 0 Å². The Morgan fingerprint density at radius 1 is 1.09 bits per heavy atom. The average Bonchev–Trinajstić information content (AvgIpc) is 2.57. The molecular formula is C17H15ClN4O. The number of ether oxygens (including phenoxy) is 1. The summed E-state index contributed by atoms with van der Waals surface area (Å²) < 4.78 is 5.22. The van der Waals surface area contributed by atoms with Crippen molar-refractivity contribution in [2.24, 2.45) is 0 Å². The van der Waals surface area contributed by atoms with Gasteiger partial charge in [-0.3, -0.25) is 4.98 Å². The third-order valence-corrected chi connectivity index (χ3v) is 3.51. The SMILES string of the molecule is COc1ccc(Cl)c(Nc2cc(C)nc(-c3ccccn3)n2)c1. The molecule has 116 valence electrons. The molecule has 0 unspecified atom stereocenters. The number of benzene rings is 1. The van der Waals surface area contributed by atoms with E-state index < -0.39 is 0 Å². The van der Waals surface area contributed by atoms with Gasteiger partial charge in [0.05, 0.1) is 17.8 Å². The number of rotatable bonds is 4. The zero-order valence-corrected chi connectivity index (χ0v) is 13.5. The molecule has 0 aliphatic rings. The number of pyridine rings is 1. The average molecular weight is 327 g/mol. The smallest absolute Gasteiger partial charge is 0.180 e. The molecule has 0 bridgehead atoms. The lowest BCUT2D eigenvalue weighted by Crippen LogP contribution is -2.00. The van der Waals surface area contributed by atoms with Crippen LogP contribution >= 0.6 is 11.6 Å². The predicted octanol–water partition coefficient (Wildman–Crippen LogP) is 4.25. The summed E-state index contributed by atoms with van der Waals surface area (Å²) in [5.74, 6) is 1.92. The van der Waals surface area contributed by atoms with Crippen LogP contribution in [0.4, 0.5) is 11.5 Å². The number of anilines is 2. The molecule has 0 atom stereocenters. The molecule has 0 aliphatic heterocycles. The highest BCUT2D eigenvalue weighted by atomic mass is 35.5. The van der Waals surface area contributed by atoms with Gasteiger partial charge >= 0.3 is 0 Å². The van der Waals surface area contributed by atoms with E-state index >= 15 is 0 Å². The highest BCUT2D eigenvalue weighted by Crippen LogP contribution is 2.29. The van der Waals surface area contributed by atoms with Crippen molar-refractivity contribution in [1.82, 2.24) is 15.0 Å². The van der Waals surface area contributed by atoms with Gasteiger partial charge in [-0.1, -0.05) is 17.7 Å². The van der Waals surface area contributed by atoms with E-state index in [4.69, 9.17) is 16.3 Å². The summed E-state index contributed by atoms with van der Waals surface area (Å²) in [6.45, 7) is 1.91. The molecule has 0 aliphatic carbocycles. The maximum absolute atomic E-state index is 6.23. The summed E-state index contributed by atoms with van der Waals surface area (Å²) in [7, 11) is 1.61. The molecule has 1 N–H and O–H groups in total. The number of methoxy groups -OCH3 is 1. The summed E-state index contributed by atoms with van der Waals surface area (Å²) in [6.07, 6.45) is 1.72.